The van der Waals surface area contributed by atoms with Crippen LogP contribution in [-0.2, 0) is 0 Å². The lowest BCUT2D eigenvalue weighted by molar-refractivity contribution is 0.323. The predicted molar refractivity (Wildman–Crippen MR) is 79.8 cm³/mol. The van der Waals surface area contributed by atoms with Gasteiger partial charge in [-0.1, -0.05) is 48.5 Å². The number of benzene rings is 2. The van der Waals surface area contributed by atoms with Gasteiger partial charge in [0.1, 0.15) is 0 Å². The van der Waals surface area contributed by atoms with Crippen LogP contribution in [0.2, 0.25) is 0 Å². The maximum absolute atomic E-state index is 10.5. The third-order valence-corrected chi connectivity index (χ3v) is 2.78. The molecule has 0 unspecified atom stereocenters. The molecule has 3 aromatic carbocycles. The summed E-state index contributed by atoms with van der Waals surface area (Å²) >= 11 is 0. The van der Waals surface area contributed by atoms with E-state index in [1.54, 1.807) is 0 Å². The van der Waals surface area contributed by atoms with Crippen molar-refractivity contribution in [2.45, 2.75) is 13.8 Å². The Bertz CT molecular complexity index is 612. The van der Waals surface area contributed by atoms with E-state index in [1.165, 1.54) is 11.1 Å². The van der Waals surface area contributed by atoms with Gasteiger partial charge >= 0.3 is 0 Å². The monoisotopic (exact) mass is 255 g/mol. The van der Waals surface area contributed by atoms with Gasteiger partial charge in [0, 0.05) is 17.5 Å². The Hall–Kier alpha value is -2.42. The zero-order valence-electron chi connectivity index (χ0n) is 11.1. The lowest BCUT2D eigenvalue weighted by Crippen LogP contribution is -1.74. The fourth-order valence-corrected chi connectivity index (χ4v) is 1.50. The van der Waals surface area contributed by atoms with Gasteiger partial charge in [0.2, 0.25) is 0 Å². The number of oxime groups is 1. The Morgan fingerprint density at radius 2 is 1.21 bits per heavy atom. The Labute approximate surface area is 112 Å². The van der Waals surface area contributed by atoms with Crippen LogP contribution in [0.4, 0.5) is 0 Å². The summed E-state index contributed by atoms with van der Waals surface area (Å²) in [6, 6.07) is 15.8. The maximum atomic E-state index is 10.5. The van der Waals surface area contributed by atoms with Gasteiger partial charge in [-0.3, -0.25) is 4.79 Å². The van der Waals surface area contributed by atoms with E-state index in [9.17, 15) is 4.79 Å². The summed E-state index contributed by atoms with van der Waals surface area (Å²) in [6.07, 6.45) is 0. The molecule has 0 radical (unpaired) electrons. The Kier molecular flexibility index (Phi) is 5.48. The maximum Gasteiger partial charge on any atom is 0.194 e. The van der Waals surface area contributed by atoms with Crippen molar-refractivity contribution in [1.29, 1.82) is 0 Å². The Morgan fingerprint density at radius 3 is 1.47 bits per heavy atom. The largest absolute Gasteiger partial charge is 0.411 e. The van der Waals surface area contributed by atoms with Gasteiger partial charge in [-0.25, -0.2) is 0 Å². The summed E-state index contributed by atoms with van der Waals surface area (Å²) < 4.78 is 0. The van der Waals surface area contributed by atoms with Crippen LogP contribution in [0.5, 0.6) is 0 Å². The molecule has 0 amide bonds. The summed E-state index contributed by atoms with van der Waals surface area (Å²) in [4.78, 5) is 10.5. The van der Waals surface area contributed by atoms with Crippen LogP contribution < -0.4 is 5.43 Å². The highest BCUT2D eigenvalue weighted by Crippen LogP contribution is 2.11. The first-order valence-electron chi connectivity index (χ1n) is 5.88. The highest BCUT2D eigenvalue weighted by molar-refractivity contribution is 5.96. The van der Waals surface area contributed by atoms with Crippen molar-refractivity contribution < 1.29 is 5.21 Å². The molecule has 98 valence electrons. The fraction of sp³-hybridized carbons (Fsp3) is 0.125. The molecular weight excluding hydrogens is 238 g/mol. The number of hydrogen-bond donors (Lipinski definition) is 1. The van der Waals surface area contributed by atoms with Crippen LogP contribution in [0.3, 0.4) is 0 Å². The summed E-state index contributed by atoms with van der Waals surface area (Å²) in [7, 11) is 0. The Balaban J connectivity index is 0.000000159. The quantitative estimate of drug-likeness (QED) is 0.380. The number of nitrogens with zero attached hydrogens (tertiary/aromatic N) is 1. The van der Waals surface area contributed by atoms with Crippen LogP contribution in [-0.4, -0.2) is 11.9 Å². The van der Waals surface area contributed by atoms with Crippen LogP contribution in [0, 0.1) is 13.8 Å². The van der Waals surface area contributed by atoms with Gasteiger partial charge in [0.05, 0.1) is 0 Å². The average Bonchev–Trinajstić information content (AvgIpc) is 3.07. The van der Waals surface area contributed by atoms with E-state index < -0.39 is 0 Å². The second-order valence-electron chi connectivity index (χ2n) is 4.10. The van der Waals surface area contributed by atoms with Crippen LogP contribution in [0.25, 0.3) is 10.8 Å². The molecule has 0 saturated heterocycles. The molecule has 3 rings (SSSR count). The molecule has 0 aliphatic heterocycles. The van der Waals surface area contributed by atoms with E-state index in [0.717, 1.165) is 10.8 Å². The minimum absolute atomic E-state index is 0.218. The molecule has 0 aromatic heterocycles. The summed E-state index contributed by atoms with van der Waals surface area (Å²) in [5.41, 5.74) is 2.95. The molecule has 0 aliphatic carbocycles. The molecule has 0 atom stereocenters. The lowest BCUT2D eigenvalue weighted by atomic mass is 10.1. The summed E-state index contributed by atoms with van der Waals surface area (Å²) in [5, 5.41) is 11.1. The second-order valence-corrected chi connectivity index (χ2v) is 4.10. The molecule has 0 fully saturated rings. The number of rotatable bonds is 0. The minimum atomic E-state index is 0.218. The topological polar surface area (TPSA) is 49.7 Å². The highest BCUT2D eigenvalue weighted by Gasteiger charge is 2.07. The first-order valence-corrected chi connectivity index (χ1v) is 5.88. The molecule has 0 heterocycles. The summed E-state index contributed by atoms with van der Waals surface area (Å²) in [5.74, 6) is 0. The van der Waals surface area contributed by atoms with Gasteiger partial charge < -0.3 is 5.21 Å². The lowest BCUT2D eigenvalue weighted by Gasteiger charge is -1.93. The van der Waals surface area contributed by atoms with E-state index >= 15 is 0 Å². The zero-order chi connectivity index (χ0) is 14.3. The van der Waals surface area contributed by atoms with Crippen LogP contribution in [0.1, 0.15) is 11.1 Å². The third-order valence-electron chi connectivity index (χ3n) is 2.78. The third kappa shape index (κ3) is 4.39. The van der Waals surface area contributed by atoms with Gasteiger partial charge in [-0.2, -0.15) is 0 Å². The normalized spacial score (nSPS) is 9.16. The minimum Gasteiger partial charge on any atom is -0.411 e. The molecule has 19 heavy (non-hydrogen) atoms. The molecule has 0 bridgehead atoms. The van der Waals surface area contributed by atoms with Gasteiger partial charge in [-0.15, -0.1) is 5.16 Å². The smallest absolute Gasteiger partial charge is 0.194 e. The van der Waals surface area contributed by atoms with Crippen molar-refractivity contribution >= 4 is 17.5 Å². The van der Waals surface area contributed by atoms with Crippen molar-refractivity contribution in [2.75, 3.05) is 0 Å². The number of aryl methyl sites for hydroxylation is 2. The molecule has 0 spiro atoms. The first-order chi connectivity index (χ1) is 9.11. The number of fused-ring (bicyclic) bond motifs is 1. The SMILES string of the molecule is C=NO.Cc1ccccc1C.O=c1c2ccccc12. The molecular formula is C16H17NO2. The second kappa shape index (κ2) is 7.11. The van der Waals surface area contributed by atoms with E-state index in [1.807, 2.05) is 24.3 Å². The van der Waals surface area contributed by atoms with Crippen LogP contribution >= 0.6 is 0 Å². The van der Waals surface area contributed by atoms with E-state index in [2.05, 4.69) is 50.0 Å². The van der Waals surface area contributed by atoms with Crippen LogP contribution in [0.15, 0.2) is 58.5 Å². The number of hydrogen-bond acceptors (Lipinski definition) is 3. The van der Waals surface area contributed by atoms with Crippen molar-refractivity contribution in [3.63, 3.8) is 0 Å². The summed E-state index contributed by atoms with van der Waals surface area (Å²) in [6.45, 7) is 6.91. The molecule has 3 heteroatoms. The van der Waals surface area contributed by atoms with Crippen molar-refractivity contribution in [2.24, 2.45) is 5.16 Å². The average molecular weight is 255 g/mol. The molecule has 0 aliphatic rings. The van der Waals surface area contributed by atoms with Gasteiger partial charge in [0.25, 0.3) is 0 Å². The molecule has 3 nitrogen and oxygen atoms in total. The van der Waals surface area contributed by atoms with Crippen molar-refractivity contribution in [3.8, 4) is 0 Å². The van der Waals surface area contributed by atoms with Crippen molar-refractivity contribution in [3.05, 3.63) is 69.9 Å². The van der Waals surface area contributed by atoms with Crippen molar-refractivity contribution in [1.82, 2.24) is 0 Å². The van der Waals surface area contributed by atoms with E-state index in [4.69, 9.17) is 5.21 Å². The molecule has 0 saturated carbocycles. The fourth-order valence-electron chi connectivity index (χ4n) is 1.50. The zero-order valence-corrected chi connectivity index (χ0v) is 11.1. The first kappa shape index (κ1) is 14.6. The molecule has 1 N–H and O–H groups in total. The standard InChI is InChI=1S/C8H10.C7H4O.CH3NO/c1-7-5-3-4-6-8(7)2;8-7-5-3-1-2-4-6(5)7;1-2-3/h3-6H,1-2H3;1-4H;3H,1H2. The Morgan fingerprint density at radius 1 is 0.895 bits per heavy atom. The van der Waals surface area contributed by atoms with E-state index in [-0.39, 0.29) is 5.43 Å². The molecule has 3 aromatic rings. The van der Waals surface area contributed by atoms with Gasteiger partial charge in [-0.05, 0) is 25.0 Å². The predicted octanol–water partition coefficient (Wildman–Crippen LogP) is 3.46. The van der Waals surface area contributed by atoms with E-state index in [0.29, 0.717) is 0 Å². The van der Waals surface area contributed by atoms with Gasteiger partial charge in [0.15, 0.2) is 5.43 Å². The highest BCUT2D eigenvalue weighted by atomic mass is 16.4.